The second-order valence-corrected chi connectivity index (χ2v) is 3.75. The monoisotopic (exact) mass is 312 g/mol. The van der Waals surface area contributed by atoms with Gasteiger partial charge in [-0.1, -0.05) is 0 Å². The number of aromatic hydroxyl groups is 1. The third-order valence-corrected chi connectivity index (χ3v) is 2.14. The topological polar surface area (TPSA) is 20.2 Å². The maximum Gasteiger partial charge on any atom is -1.00 e. The Kier molecular flexibility index (Phi) is 6.16. The van der Waals surface area contributed by atoms with Crippen molar-refractivity contribution in [3.8, 4) is 5.75 Å². The number of phenols is 1. The van der Waals surface area contributed by atoms with Gasteiger partial charge >= 0.3 is 70.4 Å². The summed E-state index contributed by atoms with van der Waals surface area (Å²) in [5.74, 6) is 0.357. The minimum absolute atomic E-state index is 0. The fourth-order valence-corrected chi connectivity index (χ4v) is 1.72. The molecule has 0 aliphatic carbocycles. The Morgan fingerprint density at radius 1 is 1.18 bits per heavy atom. The van der Waals surface area contributed by atoms with E-state index in [0.29, 0.717) is 5.75 Å². The van der Waals surface area contributed by atoms with Crippen LogP contribution < -0.4 is 24.0 Å². The maximum absolute atomic E-state index is 8.93. The van der Waals surface area contributed by atoms with Gasteiger partial charge in [-0.05, 0) is 0 Å². The summed E-state index contributed by atoms with van der Waals surface area (Å²) >= 11 is 1.35. The zero-order valence-corrected chi connectivity index (χ0v) is 11.4. The van der Waals surface area contributed by atoms with Crippen molar-refractivity contribution >= 4 is 0 Å². The van der Waals surface area contributed by atoms with E-state index in [0.717, 1.165) is 6.42 Å². The normalized spacial score (nSPS) is 8.91. The van der Waals surface area contributed by atoms with E-state index in [4.69, 9.17) is 5.11 Å². The summed E-state index contributed by atoms with van der Waals surface area (Å²) in [5, 5.41) is 10.2. The molecule has 0 spiro atoms. The van der Waals surface area contributed by atoms with Gasteiger partial charge in [0.2, 0.25) is 0 Å². The first kappa shape index (κ1) is 11.4. The molecule has 56 valence electrons. The third-order valence-electron chi connectivity index (χ3n) is 1.40. The number of halogens is 1. The van der Waals surface area contributed by atoms with Crippen molar-refractivity contribution in [2.75, 3.05) is 0 Å². The molecule has 0 amide bonds. The average molecular weight is 313 g/mol. The minimum Gasteiger partial charge on any atom is -1.00 e. The predicted molar refractivity (Wildman–Crippen MR) is 36.6 cm³/mol. The van der Waals surface area contributed by atoms with Crippen molar-refractivity contribution in [2.45, 2.75) is 11.4 Å². The van der Waals surface area contributed by atoms with Gasteiger partial charge in [0.15, 0.2) is 0 Å². The molecule has 1 rings (SSSR count). The first-order chi connectivity index (χ1) is 4.83. The van der Waals surface area contributed by atoms with E-state index < -0.39 is 0 Å². The van der Waals surface area contributed by atoms with Crippen LogP contribution in [0.1, 0.15) is 5.56 Å². The van der Waals surface area contributed by atoms with E-state index >= 15 is 0 Å². The van der Waals surface area contributed by atoms with E-state index in [1.165, 1.54) is 28.9 Å². The zero-order chi connectivity index (χ0) is 7.40. The van der Waals surface area contributed by atoms with Gasteiger partial charge in [0, 0.05) is 0 Å². The molecule has 1 nitrogen and oxygen atoms in total. The van der Waals surface area contributed by atoms with Crippen LogP contribution >= 0.6 is 0 Å². The first-order valence-electron chi connectivity index (χ1n) is 3.40. The smallest absolute Gasteiger partial charge is 1.00 e. The van der Waals surface area contributed by atoms with Crippen LogP contribution in [-0.4, -0.2) is 5.11 Å². The molecule has 0 unspecified atom stereocenters. The number of hydrogen-bond donors (Lipinski definition) is 1. The van der Waals surface area contributed by atoms with E-state index in [-0.39, 0.29) is 24.0 Å². The Hall–Kier alpha value is 0.373. The summed E-state index contributed by atoms with van der Waals surface area (Å²) in [6.45, 7) is 0. The van der Waals surface area contributed by atoms with Gasteiger partial charge in [-0.25, -0.2) is 0 Å². The molecule has 1 aromatic carbocycles. The fraction of sp³-hybridized carbons (Fsp3) is 0.250. The van der Waals surface area contributed by atoms with Crippen molar-refractivity contribution in [2.24, 2.45) is 0 Å². The van der Waals surface area contributed by atoms with Crippen LogP contribution in [0.15, 0.2) is 24.3 Å². The number of rotatable bonds is 2. The molecular formula is C8H9IOZn. The number of aryl methyl sites for hydroxylation is 1. The number of hydrogen-bond acceptors (Lipinski definition) is 1. The largest absolute Gasteiger partial charge is 1.00 e. The van der Waals surface area contributed by atoms with Crippen LogP contribution in [0.2, 0.25) is 5.02 Å². The van der Waals surface area contributed by atoms with Crippen LogP contribution in [0.5, 0.6) is 5.75 Å². The quantitative estimate of drug-likeness (QED) is 0.543. The summed E-state index contributed by atoms with van der Waals surface area (Å²) < 4.78 is 0. The first-order valence-corrected chi connectivity index (χ1v) is 5.50. The Balaban J connectivity index is 0.000001000. The van der Waals surface area contributed by atoms with Gasteiger partial charge in [-0.2, -0.15) is 0 Å². The van der Waals surface area contributed by atoms with Crippen LogP contribution in [0, 0.1) is 0 Å². The summed E-state index contributed by atoms with van der Waals surface area (Å²) in [6.07, 6.45) is 1.15. The summed E-state index contributed by atoms with van der Waals surface area (Å²) in [5.41, 5.74) is 1.32. The van der Waals surface area contributed by atoms with E-state index in [1.807, 2.05) is 12.1 Å². The Morgan fingerprint density at radius 3 is 2.18 bits per heavy atom. The fourth-order valence-electron chi connectivity index (χ4n) is 0.867. The van der Waals surface area contributed by atoms with Crippen molar-refractivity contribution < 1.29 is 47.4 Å². The zero-order valence-electron chi connectivity index (χ0n) is 6.26. The van der Waals surface area contributed by atoms with Crippen molar-refractivity contribution in [3.05, 3.63) is 29.8 Å². The van der Waals surface area contributed by atoms with Crippen LogP contribution in [-0.2, 0) is 24.7 Å². The van der Waals surface area contributed by atoms with Gasteiger partial charge in [-0.15, -0.1) is 0 Å². The Morgan fingerprint density at radius 2 is 1.73 bits per heavy atom. The minimum atomic E-state index is 0. The summed E-state index contributed by atoms with van der Waals surface area (Å²) in [6, 6.07) is 7.44. The molecule has 11 heavy (non-hydrogen) atoms. The second-order valence-electron chi connectivity index (χ2n) is 2.27. The molecule has 0 aliphatic rings. The summed E-state index contributed by atoms with van der Waals surface area (Å²) in [4.78, 5) is 0. The molecule has 3 heteroatoms. The van der Waals surface area contributed by atoms with E-state index in [1.54, 1.807) is 12.1 Å². The average Bonchev–Trinajstić information content (AvgIpc) is 1.95. The standard InChI is InChI=1S/C8H9O.HI.Zn/c1-2-7-3-5-8(9)6-4-7;;/h3-6,9H,1-2H2;1H;/q;;+1/p-1. The van der Waals surface area contributed by atoms with Gasteiger partial charge < -0.3 is 24.0 Å². The van der Waals surface area contributed by atoms with Crippen molar-refractivity contribution in [3.63, 3.8) is 0 Å². The molecule has 1 aromatic rings. The van der Waals surface area contributed by atoms with E-state index in [9.17, 15) is 0 Å². The van der Waals surface area contributed by atoms with Crippen LogP contribution in [0.3, 0.4) is 0 Å². The molecule has 0 fully saturated rings. The molecule has 0 bridgehead atoms. The summed E-state index contributed by atoms with van der Waals surface area (Å²) in [7, 11) is 0. The van der Waals surface area contributed by atoms with Crippen molar-refractivity contribution in [1.82, 2.24) is 0 Å². The molecule has 0 saturated carbocycles. The second kappa shape index (κ2) is 5.95. The maximum atomic E-state index is 8.93. The van der Waals surface area contributed by atoms with Gasteiger partial charge in [0.1, 0.15) is 0 Å². The molecule has 0 aliphatic heterocycles. The van der Waals surface area contributed by atoms with Gasteiger partial charge in [-0.3, -0.25) is 0 Å². The molecular weight excluding hydrogens is 304 g/mol. The Labute approximate surface area is 93.9 Å². The van der Waals surface area contributed by atoms with Gasteiger partial charge in [0.25, 0.3) is 0 Å². The molecule has 0 saturated heterocycles. The molecule has 0 aromatic heterocycles. The Bertz CT molecular complexity index is 198. The molecule has 1 N–H and O–H groups in total. The molecule has 0 radical (unpaired) electrons. The third kappa shape index (κ3) is 4.07. The van der Waals surface area contributed by atoms with Crippen LogP contribution in [0.25, 0.3) is 0 Å². The van der Waals surface area contributed by atoms with Crippen LogP contribution in [0.4, 0.5) is 0 Å². The van der Waals surface area contributed by atoms with Gasteiger partial charge in [0.05, 0.1) is 0 Å². The van der Waals surface area contributed by atoms with E-state index in [2.05, 4.69) is 0 Å². The molecule has 0 atom stereocenters. The molecule has 0 heterocycles. The number of benzene rings is 1. The van der Waals surface area contributed by atoms with Crippen molar-refractivity contribution in [1.29, 1.82) is 0 Å². The SMILES string of the molecule is Oc1ccc(C[CH2][Zn+])cc1.[I-]. The predicted octanol–water partition coefficient (Wildman–Crippen LogP) is -1.10. The number of phenolic OH excluding ortho intramolecular Hbond substituents is 1.